The molecule has 17 heavy (non-hydrogen) atoms. The van der Waals surface area contributed by atoms with Gasteiger partial charge in [0.2, 0.25) is 11.8 Å². The molecule has 1 aliphatic heterocycles. The average molecular weight is 252 g/mol. The number of amides is 2. The maximum atomic E-state index is 12.1. The Morgan fingerprint density at radius 1 is 1.65 bits per heavy atom. The Balaban J connectivity index is 1.88. The Morgan fingerprint density at radius 2 is 2.47 bits per heavy atom. The smallest absolute Gasteiger partial charge is 0.227 e. The Labute approximate surface area is 105 Å². The first kappa shape index (κ1) is 12.1. The fourth-order valence-corrected chi connectivity index (χ4v) is 2.73. The van der Waals surface area contributed by atoms with E-state index in [4.69, 9.17) is 0 Å². The van der Waals surface area contributed by atoms with Crippen LogP contribution in [0.3, 0.4) is 0 Å². The number of nitrogens with zero attached hydrogens (tertiary/aromatic N) is 1. The predicted octanol–water partition coefficient (Wildman–Crippen LogP) is 1.23. The van der Waals surface area contributed by atoms with Crippen LogP contribution in [0.25, 0.3) is 0 Å². The minimum atomic E-state index is -0.0577. The van der Waals surface area contributed by atoms with Gasteiger partial charge in [0.1, 0.15) is 0 Å². The van der Waals surface area contributed by atoms with Crippen LogP contribution in [0.4, 0.5) is 0 Å². The second-order valence-electron chi connectivity index (χ2n) is 4.31. The van der Waals surface area contributed by atoms with Gasteiger partial charge in [0.25, 0.3) is 0 Å². The number of carbonyl (C=O) groups excluding carboxylic acids is 2. The molecule has 0 aromatic carbocycles. The SMILES string of the molecule is CN(Cc1cccs1)C(=O)C1CCC(=O)NC1. The van der Waals surface area contributed by atoms with Crippen LogP contribution in [0.1, 0.15) is 17.7 Å². The molecule has 1 aromatic heterocycles. The first-order chi connectivity index (χ1) is 8.16. The maximum Gasteiger partial charge on any atom is 0.227 e. The van der Waals surface area contributed by atoms with E-state index in [1.807, 2.05) is 24.6 Å². The van der Waals surface area contributed by atoms with Crippen LogP contribution >= 0.6 is 11.3 Å². The van der Waals surface area contributed by atoms with E-state index < -0.39 is 0 Å². The monoisotopic (exact) mass is 252 g/mol. The Bertz CT molecular complexity index is 393. The summed E-state index contributed by atoms with van der Waals surface area (Å²) in [7, 11) is 1.82. The molecule has 0 aliphatic carbocycles. The van der Waals surface area contributed by atoms with E-state index in [-0.39, 0.29) is 17.7 Å². The second-order valence-corrected chi connectivity index (χ2v) is 5.35. The summed E-state index contributed by atoms with van der Waals surface area (Å²) in [6, 6.07) is 4.01. The molecule has 92 valence electrons. The Kier molecular flexibility index (Phi) is 3.78. The lowest BCUT2D eigenvalue weighted by Gasteiger charge is -2.26. The molecule has 2 rings (SSSR count). The van der Waals surface area contributed by atoms with Gasteiger partial charge in [0.15, 0.2) is 0 Å². The zero-order valence-corrected chi connectivity index (χ0v) is 10.6. The highest BCUT2D eigenvalue weighted by Gasteiger charge is 2.26. The highest BCUT2D eigenvalue weighted by molar-refractivity contribution is 7.09. The lowest BCUT2D eigenvalue weighted by Crippen LogP contribution is -2.43. The number of rotatable bonds is 3. The molecule has 1 fully saturated rings. The first-order valence-corrected chi connectivity index (χ1v) is 6.59. The van der Waals surface area contributed by atoms with Crippen molar-refractivity contribution in [3.05, 3.63) is 22.4 Å². The normalized spacial score (nSPS) is 19.8. The zero-order chi connectivity index (χ0) is 12.3. The molecule has 0 spiro atoms. The molecule has 1 aliphatic rings. The van der Waals surface area contributed by atoms with Crippen LogP contribution in [-0.2, 0) is 16.1 Å². The van der Waals surface area contributed by atoms with Crippen LogP contribution in [0.15, 0.2) is 17.5 Å². The van der Waals surface area contributed by atoms with Crippen molar-refractivity contribution < 1.29 is 9.59 Å². The quantitative estimate of drug-likeness (QED) is 0.879. The lowest BCUT2D eigenvalue weighted by molar-refractivity contribution is -0.136. The van der Waals surface area contributed by atoms with E-state index >= 15 is 0 Å². The summed E-state index contributed by atoms with van der Waals surface area (Å²) in [4.78, 5) is 26.1. The number of thiophene rings is 1. The summed E-state index contributed by atoms with van der Waals surface area (Å²) in [5.41, 5.74) is 0. The van der Waals surface area contributed by atoms with E-state index in [1.54, 1.807) is 16.2 Å². The molecule has 0 bridgehead atoms. The third kappa shape index (κ3) is 3.06. The largest absolute Gasteiger partial charge is 0.355 e. The summed E-state index contributed by atoms with van der Waals surface area (Å²) >= 11 is 1.65. The molecule has 1 aromatic rings. The van der Waals surface area contributed by atoms with E-state index in [2.05, 4.69) is 5.32 Å². The van der Waals surface area contributed by atoms with Crippen molar-refractivity contribution in [2.24, 2.45) is 5.92 Å². The Morgan fingerprint density at radius 3 is 3.06 bits per heavy atom. The van der Waals surface area contributed by atoms with Gasteiger partial charge in [0.05, 0.1) is 12.5 Å². The molecule has 4 nitrogen and oxygen atoms in total. The molecule has 1 atom stereocenters. The van der Waals surface area contributed by atoms with Crippen molar-refractivity contribution in [2.75, 3.05) is 13.6 Å². The minimum absolute atomic E-state index is 0.0509. The summed E-state index contributed by atoms with van der Waals surface area (Å²) in [6.07, 6.45) is 1.13. The van der Waals surface area contributed by atoms with Gasteiger partial charge in [-0.15, -0.1) is 11.3 Å². The van der Waals surface area contributed by atoms with E-state index in [0.717, 1.165) is 0 Å². The molecular weight excluding hydrogens is 236 g/mol. The topological polar surface area (TPSA) is 49.4 Å². The molecular formula is C12H16N2O2S. The fourth-order valence-electron chi connectivity index (χ4n) is 1.97. The van der Waals surface area contributed by atoms with Gasteiger partial charge >= 0.3 is 0 Å². The maximum absolute atomic E-state index is 12.1. The van der Waals surface area contributed by atoms with Gasteiger partial charge in [-0.1, -0.05) is 6.07 Å². The van der Waals surface area contributed by atoms with Crippen LogP contribution in [-0.4, -0.2) is 30.3 Å². The highest BCUT2D eigenvalue weighted by Crippen LogP contribution is 2.16. The van der Waals surface area contributed by atoms with Gasteiger partial charge in [-0.3, -0.25) is 9.59 Å². The molecule has 1 unspecified atom stereocenters. The third-order valence-electron chi connectivity index (χ3n) is 2.96. The van der Waals surface area contributed by atoms with Crippen LogP contribution < -0.4 is 5.32 Å². The summed E-state index contributed by atoms with van der Waals surface area (Å²) in [5, 5.41) is 4.75. The van der Waals surface area contributed by atoms with Crippen LogP contribution in [0.2, 0.25) is 0 Å². The number of nitrogens with one attached hydrogen (secondary N) is 1. The lowest BCUT2D eigenvalue weighted by atomic mass is 9.98. The summed E-state index contributed by atoms with van der Waals surface area (Å²) in [5.74, 6) is 0.117. The van der Waals surface area contributed by atoms with Gasteiger partial charge in [-0.05, 0) is 17.9 Å². The summed E-state index contributed by atoms with van der Waals surface area (Å²) in [6.45, 7) is 1.13. The van der Waals surface area contributed by atoms with Crippen molar-refractivity contribution >= 4 is 23.2 Å². The van der Waals surface area contributed by atoms with Crippen LogP contribution in [0.5, 0.6) is 0 Å². The van der Waals surface area contributed by atoms with E-state index in [0.29, 0.717) is 25.9 Å². The minimum Gasteiger partial charge on any atom is -0.355 e. The van der Waals surface area contributed by atoms with Crippen molar-refractivity contribution in [3.8, 4) is 0 Å². The zero-order valence-electron chi connectivity index (χ0n) is 9.81. The molecule has 0 radical (unpaired) electrons. The van der Waals surface area contributed by atoms with Gasteiger partial charge in [0, 0.05) is 24.9 Å². The second kappa shape index (κ2) is 5.31. The van der Waals surface area contributed by atoms with E-state index in [1.165, 1.54) is 4.88 Å². The molecule has 1 N–H and O–H groups in total. The highest BCUT2D eigenvalue weighted by atomic mass is 32.1. The molecule has 0 saturated carbocycles. The van der Waals surface area contributed by atoms with Crippen LogP contribution in [0, 0.1) is 5.92 Å². The molecule has 2 heterocycles. The van der Waals surface area contributed by atoms with Gasteiger partial charge in [-0.25, -0.2) is 0 Å². The number of hydrogen-bond acceptors (Lipinski definition) is 3. The average Bonchev–Trinajstić information content (AvgIpc) is 2.82. The number of carbonyl (C=O) groups is 2. The van der Waals surface area contributed by atoms with Crippen molar-refractivity contribution in [1.82, 2.24) is 10.2 Å². The third-order valence-corrected chi connectivity index (χ3v) is 3.83. The fraction of sp³-hybridized carbons (Fsp3) is 0.500. The van der Waals surface area contributed by atoms with Crippen molar-refractivity contribution in [1.29, 1.82) is 0 Å². The van der Waals surface area contributed by atoms with E-state index in [9.17, 15) is 9.59 Å². The molecule has 5 heteroatoms. The predicted molar refractivity (Wildman–Crippen MR) is 66.5 cm³/mol. The van der Waals surface area contributed by atoms with Gasteiger partial charge < -0.3 is 10.2 Å². The summed E-state index contributed by atoms with van der Waals surface area (Å²) < 4.78 is 0. The van der Waals surface area contributed by atoms with Gasteiger partial charge in [-0.2, -0.15) is 0 Å². The number of hydrogen-bond donors (Lipinski definition) is 1. The van der Waals surface area contributed by atoms with Crippen molar-refractivity contribution in [3.63, 3.8) is 0 Å². The number of piperidine rings is 1. The standard InChI is InChI=1S/C12H16N2O2S/c1-14(8-10-3-2-6-17-10)12(16)9-4-5-11(15)13-7-9/h2-3,6,9H,4-5,7-8H2,1H3,(H,13,15). The Hall–Kier alpha value is -1.36. The molecule has 2 amide bonds. The molecule has 1 saturated heterocycles. The first-order valence-electron chi connectivity index (χ1n) is 5.71. The van der Waals surface area contributed by atoms with Crippen molar-refractivity contribution in [2.45, 2.75) is 19.4 Å².